The highest BCUT2D eigenvalue weighted by atomic mass is 16.6. The van der Waals surface area contributed by atoms with Crippen molar-refractivity contribution < 1.29 is 28.4 Å². The zero-order chi connectivity index (χ0) is 26.7. The zero-order valence-corrected chi connectivity index (χ0v) is 24.3. The van der Waals surface area contributed by atoms with Crippen molar-refractivity contribution in [2.24, 2.45) is 0 Å². The Bertz CT molecular complexity index is 440. The van der Waals surface area contributed by atoms with Crippen LogP contribution >= 0.6 is 0 Å². The van der Waals surface area contributed by atoms with Crippen molar-refractivity contribution >= 4 is 0 Å². The van der Waals surface area contributed by atoms with Crippen LogP contribution in [0.4, 0.5) is 0 Å². The van der Waals surface area contributed by atoms with Crippen LogP contribution in [0.3, 0.4) is 0 Å². The molecule has 0 aliphatic heterocycles. The lowest BCUT2D eigenvalue weighted by molar-refractivity contribution is -0.0156. The molecule has 37 heavy (non-hydrogen) atoms. The Labute approximate surface area is 229 Å². The number of ether oxygens (including phenoxy) is 6. The Kier molecular flexibility index (Phi) is 34.7. The molecule has 0 aromatic carbocycles. The second-order valence-corrected chi connectivity index (χ2v) is 9.62. The predicted molar refractivity (Wildman–Crippen MR) is 153 cm³/mol. The van der Waals surface area contributed by atoms with Crippen LogP contribution in [-0.4, -0.2) is 79.3 Å². The summed E-state index contributed by atoms with van der Waals surface area (Å²) in [6.07, 6.45) is 27.4. The summed E-state index contributed by atoms with van der Waals surface area (Å²) in [6.45, 7) is 9.16. The molecule has 0 fully saturated rings. The highest BCUT2D eigenvalue weighted by Gasteiger charge is 1.96. The van der Waals surface area contributed by atoms with Gasteiger partial charge in [-0.2, -0.15) is 0 Å². The minimum absolute atomic E-state index is 0.327. The maximum Gasteiger partial charge on any atom is 0.107 e. The van der Waals surface area contributed by atoms with E-state index in [4.69, 9.17) is 34.8 Å². The molecule has 0 bridgehead atoms. The van der Waals surface area contributed by atoms with Crippen LogP contribution in [0.1, 0.15) is 110 Å². The minimum atomic E-state index is 0.327. The summed E-state index contributed by atoms with van der Waals surface area (Å²) in [7, 11) is 0. The average molecular weight is 529 g/mol. The topological polar surface area (TPSA) is 55.4 Å². The predicted octanol–water partition coefficient (Wildman–Crippen LogP) is 6.98. The summed E-state index contributed by atoms with van der Waals surface area (Å²) < 4.78 is 32.6. The second kappa shape index (κ2) is 35.3. The van der Waals surface area contributed by atoms with E-state index in [2.05, 4.69) is 12.8 Å². The molecule has 0 unspecified atom stereocenters. The van der Waals surface area contributed by atoms with Gasteiger partial charge in [0, 0.05) is 6.61 Å². The normalized spacial score (nSPS) is 11.2. The highest BCUT2D eigenvalue weighted by Crippen LogP contribution is 2.13. The van der Waals surface area contributed by atoms with Crippen LogP contribution in [0.25, 0.3) is 0 Å². The molecule has 0 saturated heterocycles. The Morgan fingerprint density at radius 3 is 0.946 bits per heavy atom. The molecule has 0 amide bonds. The first-order valence-electron chi connectivity index (χ1n) is 15.3. The molecule has 0 aromatic heterocycles. The number of hydrogen-bond donors (Lipinski definition) is 0. The van der Waals surface area contributed by atoms with Crippen molar-refractivity contribution in [3.8, 4) is 12.3 Å². The van der Waals surface area contributed by atoms with E-state index in [-0.39, 0.29) is 0 Å². The molecule has 6 nitrogen and oxygen atoms in total. The summed E-state index contributed by atoms with van der Waals surface area (Å²) >= 11 is 0. The van der Waals surface area contributed by atoms with Gasteiger partial charge in [-0.05, 0) is 6.42 Å². The standard InChI is InChI=1S/C31H60O6/c1-3-5-6-7-8-9-10-11-12-13-14-15-16-17-18-19-21-33-23-25-35-27-29-37-31-30-36-28-26-34-24-22-32-20-4-2/h2H,3,5-31H2,1H3. The lowest BCUT2D eigenvalue weighted by Gasteiger charge is -2.08. The molecule has 0 saturated carbocycles. The molecule has 220 valence electrons. The van der Waals surface area contributed by atoms with Crippen molar-refractivity contribution in [2.75, 3.05) is 79.3 Å². The average Bonchev–Trinajstić information content (AvgIpc) is 2.91. The van der Waals surface area contributed by atoms with Crippen molar-refractivity contribution in [1.82, 2.24) is 0 Å². The van der Waals surface area contributed by atoms with E-state index < -0.39 is 0 Å². The van der Waals surface area contributed by atoms with Gasteiger partial charge >= 0.3 is 0 Å². The molecule has 0 radical (unpaired) electrons. The molecule has 0 aliphatic rings. The van der Waals surface area contributed by atoms with Crippen LogP contribution in [-0.2, 0) is 28.4 Å². The highest BCUT2D eigenvalue weighted by molar-refractivity contribution is 4.82. The molecule has 0 atom stereocenters. The Morgan fingerprint density at radius 2 is 0.622 bits per heavy atom. The van der Waals surface area contributed by atoms with Crippen LogP contribution < -0.4 is 0 Å². The Hall–Kier alpha value is -0.680. The fraction of sp³-hybridized carbons (Fsp3) is 0.935. The second-order valence-electron chi connectivity index (χ2n) is 9.62. The molecule has 0 rings (SSSR count). The smallest absolute Gasteiger partial charge is 0.107 e. The van der Waals surface area contributed by atoms with Gasteiger partial charge in [-0.1, -0.05) is 109 Å². The van der Waals surface area contributed by atoms with Gasteiger partial charge in [0.1, 0.15) is 6.61 Å². The van der Waals surface area contributed by atoms with Crippen molar-refractivity contribution in [2.45, 2.75) is 110 Å². The van der Waals surface area contributed by atoms with Crippen LogP contribution in [0.2, 0.25) is 0 Å². The summed E-state index contributed by atoms with van der Waals surface area (Å²) in [6, 6.07) is 0. The van der Waals surface area contributed by atoms with E-state index in [0.29, 0.717) is 72.7 Å². The third-order valence-electron chi connectivity index (χ3n) is 6.19. The lowest BCUT2D eigenvalue weighted by Crippen LogP contribution is -2.14. The SMILES string of the molecule is C#CCOCCOCCOCCOCCOCCOCCCCCCCCCCCCCCCCCC. The summed E-state index contributed by atoms with van der Waals surface area (Å²) in [5, 5.41) is 0. The first-order valence-corrected chi connectivity index (χ1v) is 15.3. The van der Waals surface area contributed by atoms with E-state index >= 15 is 0 Å². The minimum Gasteiger partial charge on any atom is -0.379 e. The van der Waals surface area contributed by atoms with Gasteiger partial charge in [0.15, 0.2) is 0 Å². The first kappa shape index (κ1) is 36.3. The molecule has 6 heteroatoms. The molecule has 0 aliphatic carbocycles. The van der Waals surface area contributed by atoms with Gasteiger partial charge in [0.25, 0.3) is 0 Å². The number of unbranched alkanes of at least 4 members (excludes halogenated alkanes) is 15. The van der Waals surface area contributed by atoms with Crippen molar-refractivity contribution in [3.05, 3.63) is 0 Å². The van der Waals surface area contributed by atoms with Crippen molar-refractivity contribution in [3.63, 3.8) is 0 Å². The largest absolute Gasteiger partial charge is 0.379 e. The molecule has 0 aromatic rings. The van der Waals surface area contributed by atoms with E-state index in [1.54, 1.807) is 0 Å². The first-order chi connectivity index (χ1) is 18.4. The molecule has 0 heterocycles. The number of hydrogen-bond acceptors (Lipinski definition) is 6. The van der Waals surface area contributed by atoms with Gasteiger partial charge in [-0.3, -0.25) is 0 Å². The van der Waals surface area contributed by atoms with Crippen LogP contribution in [0, 0.1) is 12.3 Å². The van der Waals surface area contributed by atoms with Crippen LogP contribution in [0.15, 0.2) is 0 Å². The van der Waals surface area contributed by atoms with Crippen molar-refractivity contribution in [1.29, 1.82) is 0 Å². The van der Waals surface area contributed by atoms with Gasteiger partial charge < -0.3 is 28.4 Å². The third-order valence-corrected chi connectivity index (χ3v) is 6.19. The summed E-state index contributed by atoms with van der Waals surface area (Å²) in [4.78, 5) is 0. The zero-order valence-electron chi connectivity index (χ0n) is 24.3. The summed E-state index contributed by atoms with van der Waals surface area (Å²) in [5.74, 6) is 2.41. The van der Waals surface area contributed by atoms with E-state index in [9.17, 15) is 0 Å². The third kappa shape index (κ3) is 35.3. The van der Waals surface area contributed by atoms with Crippen LogP contribution in [0.5, 0.6) is 0 Å². The molecular weight excluding hydrogens is 468 g/mol. The van der Waals surface area contributed by atoms with Gasteiger partial charge in [-0.25, -0.2) is 0 Å². The monoisotopic (exact) mass is 528 g/mol. The number of terminal acetylenes is 1. The molecular formula is C31H60O6. The maximum absolute atomic E-state index is 5.66. The molecule has 0 spiro atoms. The Morgan fingerprint density at radius 1 is 0.351 bits per heavy atom. The van der Waals surface area contributed by atoms with E-state index in [1.807, 2.05) is 0 Å². The fourth-order valence-electron chi connectivity index (χ4n) is 3.98. The van der Waals surface area contributed by atoms with Gasteiger partial charge in [-0.15, -0.1) is 6.42 Å². The lowest BCUT2D eigenvalue weighted by atomic mass is 10.0. The molecule has 0 N–H and O–H groups in total. The Balaban J connectivity index is 3.01. The van der Waals surface area contributed by atoms with E-state index in [1.165, 1.54) is 96.3 Å². The van der Waals surface area contributed by atoms with E-state index in [0.717, 1.165) is 13.0 Å². The van der Waals surface area contributed by atoms with Gasteiger partial charge in [0.05, 0.1) is 66.1 Å². The van der Waals surface area contributed by atoms with Gasteiger partial charge in [0.2, 0.25) is 0 Å². The maximum atomic E-state index is 5.66. The quantitative estimate of drug-likeness (QED) is 0.0676. The number of rotatable bonds is 33. The summed E-state index contributed by atoms with van der Waals surface area (Å²) in [5.41, 5.74) is 0. The fourth-order valence-corrected chi connectivity index (χ4v) is 3.98.